The van der Waals surface area contributed by atoms with Crippen LogP contribution < -0.4 is 5.73 Å². The van der Waals surface area contributed by atoms with Gasteiger partial charge in [0.15, 0.2) is 0 Å². The van der Waals surface area contributed by atoms with Gasteiger partial charge < -0.3 is 20.3 Å². The van der Waals surface area contributed by atoms with Gasteiger partial charge in [0.1, 0.15) is 0 Å². The van der Waals surface area contributed by atoms with E-state index in [2.05, 4.69) is 0 Å². The quantitative estimate of drug-likeness (QED) is 0.636. The van der Waals surface area contributed by atoms with E-state index in [0.717, 1.165) is 0 Å². The molecule has 0 saturated heterocycles. The van der Waals surface area contributed by atoms with Crippen molar-refractivity contribution < 1.29 is 14.6 Å². The molecule has 0 radical (unpaired) electrons. The van der Waals surface area contributed by atoms with Crippen LogP contribution in [0, 0.1) is 0 Å². The Hall–Kier alpha value is -0.160. The van der Waals surface area contributed by atoms with Crippen LogP contribution in [0.4, 0.5) is 0 Å². The highest BCUT2D eigenvalue weighted by atomic mass is 16.5. The van der Waals surface area contributed by atoms with Gasteiger partial charge in [-0.25, -0.2) is 0 Å². The second kappa shape index (κ2) is 6.35. The Morgan fingerprint density at radius 3 is 2.36 bits per heavy atom. The van der Waals surface area contributed by atoms with Gasteiger partial charge in [-0.2, -0.15) is 0 Å². The molecule has 3 unspecified atom stereocenters. The van der Waals surface area contributed by atoms with E-state index in [9.17, 15) is 5.11 Å². The molecule has 0 aliphatic carbocycles. The largest absolute Gasteiger partial charge is 0.389 e. The van der Waals surface area contributed by atoms with Crippen LogP contribution >= 0.6 is 0 Å². The fourth-order valence-corrected chi connectivity index (χ4v) is 1.42. The maximum absolute atomic E-state index is 9.70. The van der Waals surface area contributed by atoms with E-state index in [1.54, 1.807) is 14.0 Å². The molecule has 0 rings (SSSR count). The predicted molar refractivity (Wildman–Crippen MR) is 56.2 cm³/mol. The molecule has 0 fully saturated rings. The zero-order valence-electron chi connectivity index (χ0n) is 9.62. The summed E-state index contributed by atoms with van der Waals surface area (Å²) < 4.78 is 10.5. The maximum Gasteiger partial charge on any atom is 0.0783 e. The zero-order chi connectivity index (χ0) is 11.2. The lowest BCUT2D eigenvalue weighted by Crippen LogP contribution is -2.38. The number of methoxy groups -OCH3 is 1. The molecular weight excluding hydrogens is 182 g/mol. The second-order valence-corrected chi connectivity index (χ2v) is 4.12. The van der Waals surface area contributed by atoms with Gasteiger partial charge in [-0.3, -0.25) is 0 Å². The minimum Gasteiger partial charge on any atom is -0.389 e. The number of rotatable bonds is 7. The topological polar surface area (TPSA) is 64.7 Å². The molecule has 4 heteroatoms. The third-order valence-corrected chi connectivity index (χ3v) is 2.03. The molecule has 0 aromatic carbocycles. The van der Waals surface area contributed by atoms with E-state index in [1.807, 2.05) is 13.8 Å². The standard InChI is InChI=1S/C10H23NO3/c1-8(5-10(3,12)7-11)14-9(2)6-13-4/h8-9,12H,5-7,11H2,1-4H3. The summed E-state index contributed by atoms with van der Waals surface area (Å²) in [6.07, 6.45) is 0.569. The number of ether oxygens (including phenoxy) is 2. The summed E-state index contributed by atoms with van der Waals surface area (Å²) in [5.41, 5.74) is 4.57. The molecule has 86 valence electrons. The number of hydrogen-bond acceptors (Lipinski definition) is 4. The molecule has 0 aliphatic heterocycles. The van der Waals surface area contributed by atoms with E-state index in [0.29, 0.717) is 13.0 Å². The van der Waals surface area contributed by atoms with E-state index in [1.165, 1.54) is 0 Å². The van der Waals surface area contributed by atoms with E-state index in [-0.39, 0.29) is 18.8 Å². The van der Waals surface area contributed by atoms with Crippen LogP contribution in [0.3, 0.4) is 0 Å². The lowest BCUT2D eigenvalue weighted by atomic mass is 9.99. The Morgan fingerprint density at radius 1 is 1.36 bits per heavy atom. The molecule has 0 spiro atoms. The Morgan fingerprint density at radius 2 is 1.93 bits per heavy atom. The van der Waals surface area contributed by atoms with Crippen LogP contribution in [0.25, 0.3) is 0 Å². The second-order valence-electron chi connectivity index (χ2n) is 4.12. The first kappa shape index (κ1) is 13.8. The molecular formula is C10H23NO3. The molecule has 0 saturated carbocycles. The average molecular weight is 205 g/mol. The van der Waals surface area contributed by atoms with Gasteiger partial charge in [0, 0.05) is 20.1 Å². The highest BCUT2D eigenvalue weighted by Crippen LogP contribution is 2.14. The summed E-state index contributed by atoms with van der Waals surface area (Å²) >= 11 is 0. The van der Waals surface area contributed by atoms with Gasteiger partial charge in [0.05, 0.1) is 24.4 Å². The SMILES string of the molecule is COCC(C)OC(C)CC(C)(O)CN. The van der Waals surface area contributed by atoms with Crippen LogP contribution in [-0.4, -0.2) is 43.2 Å². The first-order chi connectivity index (χ1) is 6.41. The summed E-state index contributed by atoms with van der Waals surface area (Å²) in [6.45, 7) is 6.40. The highest BCUT2D eigenvalue weighted by Gasteiger charge is 2.22. The van der Waals surface area contributed by atoms with Gasteiger partial charge >= 0.3 is 0 Å². The summed E-state index contributed by atoms with van der Waals surface area (Å²) in [5.74, 6) is 0. The van der Waals surface area contributed by atoms with Gasteiger partial charge in [-0.15, -0.1) is 0 Å². The Kier molecular flexibility index (Phi) is 6.27. The summed E-state index contributed by atoms with van der Waals surface area (Å²) in [5, 5.41) is 9.70. The summed E-state index contributed by atoms with van der Waals surface area (Å²) in [6, 6.07) is 0. The van der Waals surface area contributed by atoms with Crippen LogP contribution in [0.2, 0.25) is 0 Å². The third-order valence-electron chi connectivity index (χ3n) is 2.03. The van der Waals surface area contributed by atoms with Crippen molar-refractivity contribution in [2.45, 2.75) is 45.0 Å². The predicted octanol–water partition coefficient (Wildman–Crippen LogP) is 0.526. The molecule has 0 aromatic rings. The van der Waals surface area contributed by atoms with E-state index in [4.69, 9.17) is 15.2 Å². The molecule has 3 N–H and O–H groups in total. The molecule has 14 heavy (non-hydrogen) atoms. The van der Waals surface area contributed by atoms with E-state index < -0.39 is 5.60 Å². The fraction of sp³-hybridized carbons (Fsp3) is 1.00. The fourth-order valence-electron chi connectivity index (χ4n) is 1.42. The van der Waals surface area contributed by atoms with E-state index >= 15 is 0 Å². The molecule has 4 nitrogen and oxygen atoms in total. The van der Waals surface area contributed by atoms with Crippen LogP contribution in [0.1, 0.15) is 27.2 Å². The Balaban J connectivity index is 3.79. The van der Waals surface area contributed by atoms with Crippen molar-refractivity contribution in [3.8, 4) is 0 Å². The van der Waals surface area contributed by atoms with Crippen LogP contribution in [0.15, 0.2) is 0 Å². The zero-order valence-corrected chi connectivity index (χ0v) is 9.62. The van der Waals surface area contributed by atoms with Crippen molar-refractivity contribution >= 4 is 0 Å². The van der Waals surface area contributed by atoms with Gasteiger partial charge in [0.2, 0.25) is 0 Å². The monoisotopic (exact) mass is 205 g/mol. The molecule has 0 bridgehead atoms. The van der Waals surface area contributed by atoms with Crippen LogP contribution in [-0.2, 0) is 9.47 Å². The number of hydrogen-bond donors (Lipinski definition) is 2. The smallest absolute Gasteiger partial charge is 0.0783 e. The molecule has 3 atom stereocenters. The van der Waals surface area contributed by atoms with Crippen LogP contribution in [0.5, 0.6) is 0 Å². The first-order valence-electron chi connectivity index (χ1n) is 4.98. The minimum atomic E-state index is -0.841. The van der Waals surface area contributed by atoms with Crippen molar-refractivity contribution in [1.29, 1.82) is 0 Å². The number of aliphatic hydroxyl groups is 1. The van der Waals surface area contributed by atoms with Crippen molar-refractivity contribution in [2.75, 3.05) is 20.3 Å². The average Bonchev–Trinajstić information content (AvgIpc) is 2.03. The normalized spacial score (nSPS) is 20.1. The summed E-state index contributed by atoms with van der Waals surface area (Å²) in [7, 11) is 1.64. The Labute approximate surface area is 86.4 Å². The van der Waals surface area contributed by atoms with Crippen molar-refractivity contribution in [2.24, 2.45) is 5.73 Å². The lowest BCUT2D eigenvalue weighted by Gasteiger charge is -2.27. The maximum atomic E-state index is 9.70. The van der Waals surface area contributed by atoms with Crippen molar-refractivity contribution in [3.63, 3.8) is 0 Å². The van der Waals surface area contributed by atoms with Crippen molar-refractivity contribution in [1.82, 2.24) is 0 Å². The Bertz CT molecular complexity index is 150. The highest BCUT2D eigenvalue weighted by molar-refractivity contribution is 4.76. The third kappa shape index (κ3) is 6.32. The summed E-state index contributed by atoms with van der Waals surface area (Å²) in [4.78, 5) is 0. The first-order valence-corrected chi connectivity index (χ1v) is 4.98. The molecule has 0 aliphatic rings. The molecule has 0 amide bonds. The van der Waals surface area contributed by atoms with Crippen molar-refractivity contribution in [3.05, 3.63) is 0 Å². The van der Waals surface area contributed by atoms with Gasteiger partial charge in [-0.1, -0.05) is 0 Å². The van der Waals surface area contributed by atoms with Gasteiger partial charge in [-0.05, 0) is 20.8 Å². The molecule has 0 aromatic heterocycles. The number of nitrogens with two attached hydrogens (primary N) is 1. The lowest BCUT2D eigenvalue weighted by molar-refractivity contribution is -0.0656. The van der Waals surface area contributed by atoms with Gasteiger partial charge in [0.25, 0.3) is 0 Å². The molecule has 0 heterocycles. The minimum absolute atomic E-state index is 0.0151.